The number of anilines is 2. The largest absolute Gasteiger partial charge is 0.475 e. The van der Waals surface area contributed by atoms with E-state index in [1.807, 2.05) is 4.90 Å². The Kier molecular flexibility index (Phi) is 6.13. The number of hydrogen-bond donors (Lipinski definition) is 4. The van der Waals surface area contributed by atoms with Crippen molar-refractivity contribution >= 4 is 29.7 Å². The summed E-state index contributed by atoms with van der Waals surface area (Å²) in [7, 11) is 0. The van der Waals surface area contributed by atoms with Gasteiger partial charge in [0.05, 0.1) is 36.8 Å². The second-order valence-electron chi connectivity index (χ2n) is 7.65. The number of fused-ring (bicyclic) bond motifs is 1. The average Bonchev–Trinajstić information content (AvgIpc) is 3.19. The zero-order valence-corrected chi connectivity index (χ0v) is 17.4. The molecule has 0 bridgehead atoms. The number of carbonyl (C=O) groups excluding carboxylic acids is 1. The van der Waals surface area contributed by atoms with E-state index in [0.717, 1.165) is 6.21 Å². The van der Waals surface area contributed by atoms with Crippen LogP contribution in [-0.2, 0) is 16.0 Å². The van der Waals surface area contributed by atoms with E-state index in [2.05, 4.69) is 15.6 Å². The molecule has 0 aliphatic carbocycles. The van der Waals surface area contributed by atoms with Gasteiger partial charge in [0.15, 0.2) is 0 Å². The topological polar surface area (TPSA) is 119 Å². The number of halogens is 3. The van der Waals surface area contributed by atoms with Crippen molar-refractivity contribution < 1.29 is 32.5 Å². The molecule has 4 N–H and O–H groups in total. The lowest BCUT2D eigenvalue weighted by Gasteiger charge is -2.31. The van der Waals surface area contributed by atoms with Gasteiger partial charge in [-0.25, -0.2) is 4.99 Å². The maximum atomic E-state index is 13.7. The Labute approximate surface area is 187 Å². The Morgan fingerprint density at radius 3 is 2.73 bits per heavy atom. The molecular weight excluding hydrogens is 443 g/mol. The Morgan fingerprint density at radius 1 is 1.36 bits per heavy atom. The fourth-order valence-electron chi connectivity index (χ4n) is 3.81. The molecule has 1 aromatic rings. The number of ether oxygens (including phenoxy) is 2. The van der Waals surface area contributed by atoms with Gasteiger partial charge in [-0.2, -0.15) is 13.2 Å². The van der Waals surface area contributed by atoms with Gasteiger partial charge in [-0.15, -0.1) is 0 Å². The number of carbonyl (C=O) groups is 1. The standard InChI is InChI=1S/C21H22F3N5O4/c22-21(23,24)20(12-30)10-13-8-15(16(9-17(13)33-20)29-4-6-32-7-5-29)28-19(31)14(11-25)18-26-2-1-3-27-18/h1-3,8-9,11,25-26,30H,4-7,10,12H2,(H,28,31)/b18-14-,25-11?/t20-/m0/s1. The number of nitrogens with zero attached hydrogens (tertiary/aromatic N) is 2. The third-order valence-corrected chi connectivity index (χ3v) is 5.58. The highest BCUT2D eigenvalue weighted by molar-refractivity contribution is 6.18. The van der Waals surface area contributed by atoms with Crippen LogP contribution in [0, 0.1) is 5.41 Å². The Bertz CT molecular complexity index is 1050. The highest BCUT2D eigenvalue weighted by Crippen LogP contribution is 2.47. The molecule has 1 aromatic carbocycles. The number of amides is 1. The van der Waals surface area contributed by atoms with Crippen LogP contribution in [0.15, 0.2) is 40.8 Å². The lowest BCUT2D eigenvalue weighted by molar-refractivity contribution is -0.252. The van der Waals surface area contributed by atoms with Crippen LogP contribution >= 0.6 is 0 Å². The molecule has 3 heterocycles. The molecule has 4 rings (SSSR count). The zero-order valence-electron chi connectivity index (χ0n) is 17.4. The number of morpholine rings is 1. The van der Waals surface area contributed by atoms with Crippen LogP contribution in [0.4, 0.5) is 24.5 Å². The summed E-state index contributed by atoms with van der Waals surface area (Å²) in [6.07, 6.45) is 0.0906. The third kappa shape index (κ3) is 4.31. The number of aliphatic hydroxyl groups excluding tert-OH is 1. The van der Waals surface area contributed by atoms with E-state index in [-0.39, 0.29) is 28.4 Å². The predicted molar refractivity (Wildman–Crippen MR) is 115 cm³/mol. The molecule has 1 atom stereocenters. The molecule has 3 aliphatic heterocycles. The zero-order chi connectivity index (χ0) is 23.6. The number of aliphatic imine (C=N–C) groups is 1. The first-order valence-corrected chi connectivity index (χ1v) is 10.2. The van der Waals surface area contributed by atoms with E-state index >= 15 is 0 Å². The minimum Gasteiger partial charge on any atom is -0.475 e. The van der Waals surface area contributed by atoms with E-state index in [1.54, 1.807) is 12.3 Å². The Morgan fingerprint density at radius 2 is 2.12 bits per heavy atom. The van der Waals surface area contributed by atoms with E-state index in [4.69, 9.17) is 14.9 Å². The monoisotopic (exact) mass is 465 g/mol. The minimum atomic E-state index is -4.79. The maximum absolute atomic E-state index is 13.7. The average molecular weight is 465 g/mol. The predicted octanol–water partition coefficient (Wildman–Crippen LogP) is 1.74. The lowest BCUT2D eigenvalue weighted by Crippen LogP contribution is -2.52. The summed E-state index contributed by atoms with van der Waals surface area (Å²) in [5, 5.41) is 22.6. The second kappa shape index (κ2) is 8.87. The van der Waals surface area contributed by atoms with E-state index in [9.17, 15) is 23.1 Å². The first-order chi connectivity index (χ1) is 15.8. The molecule has 0 unspecified atom stereocenters. The highest BCUT2D eigenvalue weighted by atomic mass is 19.4. The molecule has 1 fully saturated rings. The van der Waals surface area contributed by atoms with Crippen molar-refractivity contribution in [3.8, 4) is 5.75 Å². The summed E-state index contributed by atoms with van der Waals surface area (Å²) in [5.74, 6) is -0.494. The van der Waals surface area contributed by atoms with E-state index in [0.29, 0.717) is 32.0 Å². The SMILES string of the molecule is N=C/C(C(=O)Nc1cc2c(cc1N1CCOCC1)O[C@@](CO)(C(F)(F)F)C2)=C1/N=CC=CN1. The van der Waals surface area contributed by atoms with E-state index in [1.165, 1.54) is 18.3 Å². The van der Waals surface area contributed by atoms with Crippen molar-refractivity contribution in [3.63, 3.8) is 0 Å². The number of rotatable bonds is 5. The molecule has 0 aromatic heterocycles. The second-order valence-corrected chi connectivity index (χ2v) is 7.65. The quantitative estimate of drug-likeness (QED) is 0.389. The summed E-state index contributed by atoms with van der Waals surface area (Å²) in [4.78, 5) is 18.9. The molecule has 33 heavy (non-hydrogen) atoms. The summed E-state index contributed by atoms with van der Waals surface area (Å²) in [6, 6.07) is 2.86. The van der Waals surface area contributed by atoms with Gasteiger partial charge in [-0.05, 0) is 12.1 Å². The summed E-state index contributed by atoms with van der Waals surface area (Å²) in [6.45, 7) is 0.508. The minimum absolute atomic E-state index is 0.00446. The molecule has 0 radical (unpaired) electrons. The lowest BCUT2D eigenvalue weighted by atomic mass is 9.96. The van der Waals surface area contributed by atoms with Crippen molar-refractivity contribution in [3.05, 3.63) is 41.4 Å². The molecule has 9 nitrogen and oxygen atoms in total. The van der Waals surface area contributed by atoms with Crippen molar-refractivity contribution in [2.24, 2.45) is 4.99 Å². The first kappa shape index (κ1) is 22.8. The molecule has 1 amide bonds. The van der Waals surface area contributed by atoms with Crippen molar-refractivity contribution in [1.29, 1.82) is 5.41 Å². The number of nitrogens with one attached hydrogen (secondary N) is 3. The van der Waals surface area contributed by atoms with Gasteiger partial charge in [0, 0.05) is 49.8 Å². The van der Waals surface area contributed by atoms with Gasteiger partial charge in [0.2, 0.25) is 5.60 Å². The number of benzene rings is 1. The maximum Gasteiger partial charge on any atom is 0.430 e. The van der Waals surface area contributed by atoms with Crippen molar-refractivity contribution in [2.75, 3.05) is 43.1 Å². The Hall–Kier alpha value is -3.38. The van der Waals surface area contributed by atoms with Crippen LogP contribution in [0.5, 0.6) is 5.75 Å². The molecular formula is C21H22F3N5O4. The fourth-order valence-corrected chi connectivity index (χ4v) is 3.81. The van der Waals surface area contributed by atoms with Crippen LogP contribution in [0.25, 0.3) is 0 Å². The number of allylic oxidation sites excluding steroid dienone is 1. The first-order valence-electron chi connectivity index (χ1n) is 10.2. The van der Waals surface area contributed by atoms with E-state index < -0.39 is 30.7 Å². The van der Waals surface area contributed by atoms with Crippen LogP contribution in [-0.4, -0.2) is 68.1 Å². The van der Waals surface area contributed by atoms with Gasteiger partial charge in [0.1, 0.15) is 11.6 Å². The fraction of sp³-hybridized carbons (Fsp3) is 0.381. The van der Waals surface area contributed by atoms with Gasteiger partial charge < -0.3 is 35.5 Å². The molecule has 12 heteroatoms. The van der Waals surface area contributed by atoms with Gasteiger partial charge in [-0.1, -0.05) is 0 Å². The van der Waals surface area contributed by atoms with Gasteiger partial charge in [-0.3, -0.25) is 4.79 Å². The summed E-state index contributed by atoms with van der Waals surface area (Å²) < 4.78 is 51.6. The number of hydrogen-bond acceptors (Lipinski definition) is 8. The van der Waals surface area contributed by atoms with Gasteiger partial charge in [0.25, 0.3) is 5.91 Å². The molecule has 3 aliphatic rings. The Balaban J connectivity index is 1.72. The van der Waals surface area contributed by atoms with Crippen LogP contribution in [0.1, 0.15) is 5.56 Å². The van der Waals surface area contributed by atoms with Crippen molar-refractivity contribution in [2.45, 2.75) is 18.2 Å². The molecule has 0 spiro atoms. The van der Waals surface area contributed by atoms with Crippen molar-refractivity contribution in [1.82, 2.24) is 5.32 Å². The smallest absolute Gasteiger partial charge is 0.430 e. The van der Waals surface area contributed by atoms with Crippen LogP contribution in [0.2, 0.25) is 0 Å². The number of aliphatic hydroxyl groups is 1. The normalized spacial score (nSPS) is 23.5. The van der Waals surface area contributed by atoms with Crippen LogP contribution < -0.4 is 20.3 Å². The third-order valence-electron chi connectivity index (χ3n) is 5.58. The summed E-state index contributed by atoms with van der Waals surface area (Å²) >= 11 is 0. The summed E-state index contributed by atoms with van der Waals surface area (Å²) in [5.41, 5.74) is -1.88. The number of alkyl halides is 3. The van der Waals surface area contributed by atoms with Gasteiger partial charge >= 0.3 is 6.18 Å². The molecule has 0 saturated carbocycles. The molecule has 1 saturated heterocycles. The molecule has 176 valence electrons. The van der Waals surface area contributed by atoms with Crippen LogP contribution in [0.3, 0.4) is 0 Å². The highest BCUT2D eigenvalue weighted by Gasteiger charge is 2.60.